The number of benzene rings is 2. The van der Waals surface area contributed by atoms with E-state index >= 15 is 0 Å². The topological polar surface area (TPSA) is 25.4 Å². The fourth-order valence-electron chi connectivity index (χ4n) is 2.78. The number of thiazole rings is 1. The van der Waals surface area contributed by atoms with Gasteiger partial charge in [-0.05, 0) is 49.7 Å². The molecule has 0 atom stereocenters. The second kappa shape index (κ2) is 8.22. The van der Waals surface area contributed by atoms with Crippen LogP contribution in [0.25, 0.3) is 11.3 Å². The van der Waals surface area contributed by atoms with Gasteiger partial charge in [0.1, 0.15) is 5.75 Å². The number of nitrogens with zero attached hydrogens (tertiary/aromatic N) is 2. The molecular weight excluding hydrogens is 399 g/mol. The Morgan fingerprint density at radius 1 is 1.19 bits per heavy atom. The molecule has 0 aliphatic heterocycles. The Morgan fingerprint density at radius 2 is 1.96 bits per heavy atom. The summed E-state index contributed by atoms with van der Waals surface area (Å²) in [5, 5.41) is 2.07. The highest BCUT2D eigenvalue weighted by Crippen LogP contribution is 2.40. The van der Waals surface area contributed by atoms with Crippen LogP contribution < -0.4 is 9.64 Å². The van der Waals surface area contributed by atoms with E-state index in [9.17, 15) is 0 Å². The molecule has 0 bridgehead atoms. The van der Waals surface area contributed by atoms with Crippen LogP contribution in [-0.4, -0.2) is 18.6 Å². The maximum atomic E-state index is 6.42. The fraction of sp³-hybridized carbons (Fsp3) is 0.190. The number of terminal acetylenes is 1. The van der Waals surface area contributed by atoms with Crippen LogP contribution in [0.5, 0.6) is 5.75 Å². The summed E-state index contributed by atoms with van der Waals surface area (Å²) in [5.41, 5.74) is 3.67. The Morgan fingerprint density at radius 3 is 2.67 bits per heavy atom. The van der Waals surface area contributed by atoms with Gasteiger partial charge in [0.15, 0.2) is 5.13 Å². The van der Waals surface area contributed by atoms with E-state index in [1.54, 1.807) is 18.4 Å². The van der Waals surface area contributed by atoms with Crippen molar-refractivity contribution in [2.24, 2.45) is 0 Å². The minimum absolute atomic E-state index is 0.388. The monoisotopic (exact) mass is 416 g/mol. The van der Waals surface area contributed by atoms with Gasteiger partial charge in [-0.25, -0.2) is 4.98 Å². The third-order valence-electron chi connectivity index (χ3n) is 4.16. The SMILES string of the molecule is C#CCN(c1nc(-c2cc(OC)ccc2Cl)c(C)s1)c1cc(Cl)ccc1C. The van der Waals surface area contributed by atoms with Crippen molar-refractivity contribution in [1.29, 1.82) is 0 Å². The number of aryl methyl sites for hydroxylation is 2. The highest BCUT2D eigenvalue weighted by molar-refractivity contribution is 7.16. The van der Waals surface area contributed by atoms with Gasteiger partial charge in [-0.15, -0.1) is 17.8 Å². The molecule has 0 unspecified atom stereocenters. The average molecular weight is 417 g/mol. The van der Waals surface area contributed by atoms with E-state index in [2.05, 4.69) is 5.92 Å². The van der Waals surface area contributed by atoms with E-state index in [0.29, 0.717) is 16.6 Å². The third-order valence-corrected chi connectivity index (χ3v) is 5.71. The van der Waals surface area contributed by atoms with Gasteiger partial charge in [0.05, 0.1) is 24.4 Å². The largest absolute Gasteiger partial charge is 0.497 e. The van der Waals surface area contributed by atoms with Crippen molar-refractivity contribution in [3.05, 3.63) is 56.9 Å². The van der Waals surface area contributed by atoms with Crippen molar-refractivity contribution < 1.29 is 4.74 Å². The number of anilines is 2. The number of hydrogen-bond acceptors (Lipinski definition) is 4. The molecule has 6 heteroatoms. The predicted octanol–water partition coefficient (Wildman–Crippen LogP) is 6.51. The van der Waals surface area contributed by atoms with Crippen LogP contribution >= 0.6 is 34.5 Å². The minimum Gasteiger partial charge on any atom is -0.497 e. The lowest BCUT2D eigenvalue weighted by Crippen LogP contribution is -2.18. The van der Waals surface area contributed by atoms with E-state index in [1.165, 1.54) is 0 Å². The Labute approximate surface area is 173 Å². The molecular formula is C21H18Cl2N2OS. The lowest BCUT2D eigenvalue weighted by molar-refractivity contribution is 0.415. The highest BCUT2D eigenvalue weighted by Gasteiger charge is 2.20. The van der Waals surface area contributed by atoms with Gasteiger partial charge in [0.25, 0.3) is 0 Å². The molecule has 0 spiro atoms. The molecule has 0 aliphatic carbocycles. The zero-order valence-corrected chi connectivity index (χ0v) is 17.5. The molecule has 0 aliphatic rings. The summed E-state index contributed by atoms with van der Waals surface area (Å²) in [6, 6.07) is 11.3. The van der Waals surface area contributed by atoms with Gasteiger partial charge in [0, 0.05) is 21.2 Å². The van der Waals surface area contributed by atoms with Crippen LogP contribution in [0.15, 0.2) is 36.4 Å². The van der Waals surface area contributed by atoms with Crippen molar-refractivity contribution in [2.45, 2.75) is 13.8 Å². The van der Waals surface area contributed by atoms with Crippen LogP contribution in [0.4, 0.5) is 10.8 Å². The molecule has 3 rings (SSSR count). The maximum absolute atomic E-state index is 6.42. The molecule has 0 amide bonds. The Kier molecular flexibility index (Phi) is 5.96. The van der Waals surface area contributed by atoms with Crippen LogP contribution in [0.2, 0.25) is 10.0 Å². The van der Waals surface area contributed by atoms with Crippen molar-refractivity contribution in [2.75, 3.05) is 18.6 Å². The van der Waals surface area contributed by atoms with Crippen LogP contribution in [-0.2, 0) is 0 Å². The smallest absolute Gasteiger partial charge is 0.191 e. The summed E-state index contributed by atoms with van der Waals surface area (Å²) in [6.07, 6.45) is 5.62. The van der Waals surface area contributed by atoms with Gasteiger partial charge in [0.2, 0.25) is 0 Å². The van der Waals surface area contributed by atoms with Gasteiger partial charge >= 0.3 is 0 Å². The lowest BCUT2D eigenvalue weighted by atomic mass is 10.1. The molecule has 0 radical (unpaired) electrons. The quantitative estimate of drug-likeness (QED) is 0.442. The van der Waals surface area contributed by atoms with Gasteiger partial charge in [-0.1, -0.05) is 35.2 Å². The number of aromatic nitrogens is 1. The summed E-state index contributed by atoms with van der Waals surface area (Å²) in [6.45, 7) is 4.43. The number of ether oxygens (including phenoxy) is 1. The highest BCUT2D eigenvalue weighted by atomic mass is 35.5. The molecule has 0 saturated heterocycles. The first-order valence-corrected chi connectivity index (χ1v) is 9.80. The molecule has 3 nitrogen and oxygen atoms in total. The predicted molar refractivity (Wildman–Crippen MR) is 116 cm³/mol. The molecule has 0 N–H and O–H groups in total. The first kappa shape index (κ1) is 19.6. The fourth-order valence-corrected chi connectivity index (χ4v) is 4.09. The van der Waals surface area contributed by atoms with E-state index in [1.807, 2.05) is 55.1 Å². The number of rotatable bonds is 5. The minimum atomic E-state index is 0.388. The first-order valence-electron chi connectivity index (χ1n) is 8.23. The molecule has 0 saturated carbocycles. The summed E-state index contributed by atoms with van der Waals surface area (Å²) >= 11 is 14.2. The first-order chi connectivity index (χ1) is 12.9. The maximum Gasteiger partial charge on any atom is 0.191 e. The van der Waals surface area contributed by atoms with Gasteiger partial charge in [-0.2, -0.15) is 0 Å². The Balaban J connectivity index is 2.11. The van der Waals surface area contributed by atoms with Gasteiger partial charge in [-0.3, -0.25) is 0 Å². The Hall–Kier alpha value is -2.19. The van der Waals surface area contributed by atoms with Crippen molar-refractivity contribution >= 4 is 45.4 Å². The summed E-state index contributed by atoms with van der Waals surface area (Å²) < 4.78 is 5.33. The van der Waals surface area contributed by atoms with Crippen molar-refractivity contribution in [3.63, 3.8) is 0 Å². The molecule has 27 heavy (non-hydrogen) atoms. The van der Waals surface area contributed by atoms with Crippen LogP contribution in [0, 0.1) is 26.2 Å². The number of methoxy groups -OCH3 is 1. The van der Waals surface area contributed by atoms with Crippen LogP contribution in [0.3, 0.4) is 0 Å². The molecule has 1 heterocycles. The normalized spacial score (nSPS) is 10.5. The third kappa shape index (κ3) is 4.06. The van der Waals surface area contributed by atoms with Gasteiger partial charge < -0.3 is 9.64 Å². The lowest BCUT2D eigenvalue weighted by Gasteiger charge is -2.21. The van der Waals surface area contributed by atoms with Crippen molar-refractivity contribution in [1.82, 2.24) is 4.98 Å². The number of halogens is 2. The summed E-state index contributed by atoms with van der Waals surface area (Å²) in [7, 11) is 1.63. The van der Waals surface area contributed by atoms with E-state index in [-0.39, 0.29) is 0 Å². The second-order valence-corrected chi connectivity index (χ2v) is 7.99. The standard InChI is InChI=1S/C21H18Cl2N2OS/c1-5-10-25(19-11-15(22)7-6-13(19)2)21-24-20(14(3)27-21)17-12-16(26-4)8-9-18(17)23/h1,6-9,11-12H,10H2,2-4H3. The van der Waals surface area contributed by atoms with E-state index in [4.69, 9.17) is 39.3 Å². The summed E-state index contributed by atoms with van der Waals surface area (Å²) in [4.78, 5) is 7.89. The molecule has 138 valence electrons. The summed E-state index contributed by atoms with van der Waals surface area (Å²) in [5.74, 6) is 3.44. The molecule has 3 aromatic rings. The molecule has 0 fully saturated rings. The number of hydrogen-bond donors (Lipinski definition) is 0. The average Bonchev–Trinajstić information content (AvgIpc) is 3.03. The zero-order valence-electron chi connectivity index (χ0n) is 15.2. The molecule has 2 aromatic carbocycles. The van der Waals surface area contributed by atoms with Crippen LogP contribution in [0.1, 0.15) is 10.4 Å². The van der Waals surface area contributed by atoms with E-state index < -0.39 is 0 Å². The van der Waals surface area contributed by atoms with E-state index in [0.717, 1.165) is 38.3 Å². The Bertz CT molecular complexity index is 1020. The zero-order chi connectivity index (χ0) is 19.6. The molecule has 1 aromatic heterocycles. The second-order valence-electron chi connectivity index (χ2n) is 5.97. The van der Waals surface area contributed by atoms with Crippen molar-refractivity contribution in [3.8, 4) is 29.4 Å².